The van der Waals surface area contributed by atoms with Crippen LogP contribution < -0.4 is 5.30 Å². The highest BCUT2D eigenvalue weighted by Crippen LogP contribution is 2.53. The maximum atomic E-state index is 6.23. The highest BCUT2D eigenvalue weighted by molar-refractivity contribution is 7.59. The van der Waals surface area contributed by atoms with Crippen LogP contribution in [0.5, 0.6) is 0 Å². The number of hydrogen-bond donors (Lipinski definition) is 0. The van der Waals surface area contributed by atoms with Crippen LogP contribution in [0.25, 0.3) is 5.76 Å². The quantitative estimate of drug-likeness (QED) is 0.615. The molecule has 2 nitrogen and oxygen atoms in total. The third-order valence-corrected chi connectivity index (χ3v) is 5.22. The van der Waals surface area contributed by atoms with Crippen molar-refractivity contribution in [3.63, 3.8) is 0 Å². The highest BCUT2D eigenvalue weighted by Gasteiger charge is 2.31. The van der Waals surface area contributed by atoms with Gasteiger partial charge >= 0.3 is 0 Å². The van der Waals surface area contributed by atoms with Crippen molar-refractivity contribution in [1.29, 1.82) is 0 Å². The standard InChI is InChI=1S/C16H16NOP.B/c1-13-16(14-9-5-3-6-10-14)18-19(17(13)2)15-11-7-4-8-12-15;/h3-12H,1-2H3;/t19-;/m1./s1. The van der Waals surface area contributed by atoms with Gasteiger partial charge in [0.2, 0.25) is 8.30 Å². The molecule has 3 rings (SSSR count). The van der Waals surface area contributed by atoms with Crippen LogP contribution in [0.15, 0.2) is 66.4 Å². The van der Waals surface area contributed by atoms with Crippen LogP contribution >= 0.6 is 8.30 Å². The van der Waals surface area contributed by atoms with Crippen LogP contribution in [0.4, 0.5) is 0 Å². The van der Waals surface area contributed by atoms with Gasteiger partial charge in [-0.05, 0) is 19.1 Å². The molecule has 0 unspecified atom stereocenters. The lowest BCUT2D eigenvalue weighted by atomic mass is 10.1. The second-order valence-corrected chi connectivity index (χ2v) is 6.35. The van der Waals surface area contributed by atoms with E-state index in [1.165, 1.54) is 11.0 Å². The van der Waals surface area contributed by atoms with E-state index in [-0.39, 0.29) is 8.41 Å². The predicted octanol–water partition coefficient (Wildman–Crippen LogP) is 3.59. The van der Waals surface area contributed by atoms with Gasteiger partial charge in [0.05, 0.1) is 5.70 Å². The first-order valence-corrected chi connectivity index (χ1v) is 7.51. The van der Waals surface area contributed by atoms with Crippen molar-refractivity contribution in [2.75, 3.05) is 7.05 Å². The number of allylic oxidation sites excluding steroid dienone is 1. The van der Waals surface area contributed by atoms with E-state index in [9.17, 15) is 0 Å². The SMILES string of the molecule is CC1=C(c2ccccc2)O[P@](c2ccccc2)N1C.[B]. The van der Waals surface area contributed by atoms with Crippen LogP contribution in [-0.2, 0) is 4.52 Å². The lowest BCUT2D eigenvalue weighted by Gasteiger charge is -2.20. The van der Waals surface area contributed by atoms with Gasteiger partial charge in [0.15, 0.2) is 5.76 Å². The van der Waals surface area contributed by atoms with Gasteiger partial charge in [-0.1, -0.05) is 48.5 Å². The van der Waals surface area contributed by atoms with E-state index in [4.69, 9.17) is 4.52 Å². The Morgan fingerprint density at radius 3 is 2.05 bits per heavy atom. The van der Waals surface area contributed by atoms with Crippen molar-refractivity contribution in [3.05, 3.63) is 71.9 Å². The van der Waals surface area contributed by atoms with Gasteiger partial charge in [0.25, 0.3) is 0 Å². The fourth-order valence-corrected chi connectivity index (χ4v) is 3.90. The second kappa shape index (κ2) is 6.15. The Morgan fingerprint density at radius 1 is 0.900 bits per heavy atom. The zero-order valence-electron chi connectivity index (χ0n) is 11.7. The molecule has 0 saturated heterocycles. The average Bonchev–Trinajstić information content (AvgIpc) is 2.77. The average molecular weight is 280 g/mol. The van der Waals surface area contributed by atoms with Crippen molar-refractivity contribution >= 4 is 27.8 Å². The van der Waals surface area contributed by atoms with Crippen molar-refractivity contribution in [2.24, 2.45) is 0 Å². The molecule has 0 bridgehead atoms. The van der Waals surface area contributed by atoms with E-state index in [2.05, 4.69) is 55.0 Å². The maximum Gasteiger partial charge on any atom is 0.225 e. The summed E-state index contributed by atoms with van der Waals surface area (Å²) in [7, 11) is 1.36. The molecule has 0 spiro atoms. The molecule has 1 aliphatic heterocycles. The Bertz CT molecular complexity index is 600. The Hall–Kier alpha value is -1.73. The largest absolute Gasteiger partial charge is 0.446 e. The molecule has 99 valence electrons. The molecule has 3 radical (unpaired) electrons. The van der Waals surface area contributed by atoms with Crippen LogP contribution in [0, 0.1) is 0 Å². The zero-order chi connectivity index (χ0) is 13.2. The van der Waals surface area contributed by atoms with Gasteiger partial charge in [-0.2, -0.15) is 0 Å². The van der Waals surface area contributed by atoms with Crippen LogP contribution in [0.1, 0.15) is 12.5 Å². The molecule has 0 aromatic heterocycles. The van der Waals surface area contributed by atoms with E-state index < -0.39 is 8.30 Å². The van der Waals surface area contributed by atoms with Gasteiger partial charge in [0.1, 0.15) is 0 Å². The minimum atomic E-state index is -0.744. The third-order valence-electron chi connectivity index (χ3n) is 3.28. The van der Waals surface area contributed by atoms with Crippen molar-refractivity contribution in [1.82, 2.24) is 4.67 Å². The van der Waals surface area contributed by atoms with Crippen molar-refractivity contribution < 1.29 is 4.52 Å². The molecule has 1 aliphatic rings. The Kier molecular flexibility index (Phi) is 4.51. The zero-order valence-corrected chi connectivity index (χ0v) is 12.5. The highest BCUT2D eigenvalue weighted by atomic mass is 31.2. The van der Waals surface area contributed by atoms with Crippen LogP contribution in [0.3, 0.4) is 0 Å². The van der Waals surface area contributed by atoms with Crippen LogP contribution in [-0.4, -0.2) is 20.1 Å². The normalized spacial score (nSPS) is 17.7. The molecule has 0 fully saturated rings. The predicted molar refractivity (Wildman–Crippen MR) is 86.6 cm³/mol. The molecule has 1 atom stereocenters. The fraction of sp³-hybridized carbons (Fsp3) is 0.125. The number of nitrogens with zero attached hydrogens (tertiary/aromatic N) is 1. The fourth-order valence-electron chi connectivity index (χ4n) is 2.13. The smallest absolute Gasteiger partial charge is 0.225 e. The lowest BCUT2D eigenvalue weighted by molar-refractivity contribution is 0.572. The first kappa shape index (κ1) is 14.7. The monoisotopic (exact) mass is 280 g/mol. The molecular formula is C16H16BNOP. The molecule has 0 saturated carbocycles. The number of benzene rings is 2. The first-order chi connectivity index (χ1) is 9.27. The van der Waals surface area contributed by atoms with Gasteiger partial charge in [-0.3, -0.25) is 0 Å². The minimum absolute atomic E-state index is 0. The molecule has 0 N–H and O–H groups in total. The summed E-state index contributed by atoms with van der Waals surface area (Å²) in [6.07, 6.45) is 0. The van der Waals surface area contributed by atoms with E-state index in [1.807, 2.05) is 24.3 Å². The summed E-state index contributed by atoms with van der Waals surface area (Å²) < 4.78 is 8.47. The molecule has 2 aromatic rings. The van der Waals surface area contributed by atoms with Crippen LogP contribution in [0.2, 0.25) is 0 Å². The summed E-state index contributed by atoms with van der Waals surface area (Å²) in [6, 6.07) is 20.7. The number of hydrogen-bond acceptors (Lipinski definition) is 2. The van der Waals surface area contributed by atoms with E-state index >= 15 is 0 Å². The van der Waals surface area contributed by atoms with Gasteiger partial charge in [0, 0.05) is 26.3 Å². The summed E-state index contributed by atoms with van der Waals surface area (Å²) in [5, 5.41) is 1.24. The molecule has 20 heavy (non-hydrogen) atoms. The first-order valence-electron chi connectivity index (χ1n) is 6.30. The summed E-state index contributed by atoms with van der Waals surface area (Å²) >= 11 is 0. The summed E-state index contributed by atoms with van der Waals surface area (Å²) in [5.41, 5.74) is 2.34. The van der Waals surface area contributed by atoms with Gasteiger partial charge < -0.3 is 9.19 Å². The van der Waals surface area contributed by atoms with Gasteiger partial charge in [-0.15, -0.1) is 0 Å². The molecular weight excluding hydrogens is 264 g/mol. The Balaban J connectivity index is 0.00000147. The second-order valence-electron chi connectivity index (χ2n) is 4.50. The van der Waals surface area contributed by atoms with E-state index in [0.717, 1.165) is 11.3 Å². The molecule has 1 heterocycles. The van der Waals surface area contributed by atoms with Crippen molar-refractivity contribution in [2.45, 2.75) is 6.92 Å². The minimum Gasteiger partial charge on any atom is -0.446 e. The molecule has 0 aliphatic carbocycles. The molecule has 0 amide bonds. The third kappa shape index (κ3) is 2.59. The number of rotatable bonds is 2. The Morgan fingerprint density at radius 2 is 1.45 bits per heavy atom. The topological polar surface area (TPSA) is 12.5 Å². The summed E-state index contributed by atoms with van der Waals surface area (Å²) in [4.78, 5) is 0. The molecule has 4 heteroatoms. The van der Waals surface area contributed by atoms with Gasteiger partial charge in [-0.25, -0.2) is 0 Å². The van der Waals surface area contributed by atoms with E-state index in [0.29, 0.717) is 0 Å². The summed E-state index contributed by atoms with van der Waals surface area (Å²) in [6.45, 7) is 2.12. The van der Waals surface area contributed by atoms with E-state index in [1.54, 1.807) is 0 Å². The summed E-state index contributed by atoms with van der Waals surface area (Å²) in [5.74, 6) is 0.998. The Labute approximate surface area is 123 Å². The lowest BCUT2D eigenvalue weighted by Crippen LogP contribution is -2.12. The molecule has 2 aromatic carbocycles. The maximum absolute atomic E-state index is 6.23. The van der Waals surface area contributed by atoms with Crippen molar-refractivity contribution in [3.8, 4) is 0 Å².